The van der Waals surface area contributed by atoms with E-state index in [-0.39, 0.29) is 6.61 Å². The molecule has 17 heavy (non-hydrogen) atoms. The molecule has 0 atom stereocenters. The predicted octanol–water partition coefficient (Wildman–Crippen LogP) is 1.86. The van der Waals surface area contributed by atoms with Crippen LogP contribution in [0.3, 0.4) is 0 Å². The zero-order chi connectivity index (χ0) is 12.1. The number of aliphatic hydroxyl groups excluding tert-OH is 1. The van der Waals surface area contributed by atoms with Crippen LogP contribution in [0.1, 0.15) is 24.5 Å². The molecule has 0 aliphatic carbocycles. The predicted molar refractivity (Wildman–Crippen MR) is 71.3 cm³/mol. The van der Waals surface area contributed by atoms with Crippen LogP contribution in [0.4, 0.5) is 5.69 Å². The number of anilines is 1. The van der Waals surface area contributed by atoms with Crippen LogP contribution < -0.4 is 5.32 Å². The van der Waals surface area contributed by atoms with E-state index < -0.39 is 0 Å². The minimum absolute atomic E-state index is 0.239. The topological polar surface area (TPSA) is 35.5 Å². The molecule has 0 saturated heterocycles. The number of rotatable bonds is 6. The van der Waals surface area contributed by atoms with Crippen molar-refractivity contribution in [3.05, 3.63) is 29.3 Å². The number of para-hydroxylation sites is 1. The maximum Gasteiger partial charge on any atom is 0.0558 e. The summed E-state index contributed by atoms with van der Waals surface area (Å²) < 4.78 is 0. The lowest BCUT2D eigenvalue weighted by molar-refractivity contribution is 0.190. The number of nitrogens with one attached hydrogen (secondary N) is 1. The van der Waals surface area contributed by atoms with E-state index in [0.717, 1.165) is 39.0 Å². The third kappa shape index (κ3) is 2.99. The summed E-state index contributed by atoms with van der Waals surface area (Å²) in [5.74, 6) is 0. The Morgan fingerprint density at radius 3 is 3.00 bits per heavy atom. The van der Waals surface area contributed by atoms with Crippen LogP contribution in [0.15, 0.2) is 18.2 Å². The highest BCUT2D eigenvalue weighted by Gasteiger charge is 2.15. The zero-order valence-electron chi connectivity index (χ0n) is 10.6. The number of fused-ring (bicyclic) bond motifs is 1. The monoisotopic (exact) mass is 234 g/mol. The lowest BCUT2D eigenvalue weighted by Gasteiger charge is -2.22. The molecular weight excluding hydrogens is 212 g/mol. The maximum atomic E-state index is 9.08. The molecule has 2 rings (SSSR count). The van der Waals surface area contributed by atoms with Gasteiger partial charge in [0.05, 0.1) is 6.61 Å². The Labute approximate surface area is 103 Å². The molecule has 0 unspecified atom stereocenters. The van der Waals surface area contributed by atoms with Gasteiger partial charge in [0, 0.05) is 25.3 Å². The molecule has 0 amide bonds. The van der Waals surface area contributed by atoms with Crippen molar-refractivity contribution in [2.75, 3.05) is 31.6 Å². The summed E-state index contributed by atoms with van der Waals surface area (Å²) in [6, 6.07) is 6.54. The van der Waals surface area contributed by atoms with Crippen LogP contribution in [0.5, 0.6) is 0 Å². The van der Waals surface area contributed by atoms with Gasteiger partial charge in [-0.3, -0.25) is 4.90 Å². The third-order valence-corrected chi connectivity index (χ3v) is 3.28. The van der Waals surface area contributed by atoms with Crippen molar-refractivity contribution in [2.45, 2.75) is 26.3 Å². The first-order valence-electron chi connectivity index (χ1n) is 6.53. The summed E-state index contributed by atoms with van der Waals surface area (Å²) in [6.07, 6.45) is 2.26. The van der Waals surface area contributed by atoms with Crippen molar-refractivity contribution in [1.82, 2.24) is 4.90 Å². The molecule has 94 valence electrons. The molecule has 0 bridgehead atoms. The van der Waals surface area contributed by atoms with Crippen LogP contribution in [0, 0.1) is 0 Å². The van der Waals surface area contributed by atoms with Crippen molar-refractivity contribution in [3.8, 4) is 0 Å². The lowest BCUT2D eigenvalue weighted by atomic mass is 10.1. The van der Waals surface area contributed by atoms with Crippen molar-refractivity contribution < 1.29 is 5.11 Å². The number of benzene rings is 1. The van der Waals surface area contributed by atoms with Crippen molar-refractivity contribution in [2.24, 2.45) is 0 Å². The molecule has 1 aliphatic rings. The van der Waals surface area contributed by atoms with E-state index in [1.54, 1.807) is 0 Å². The van der Waals surface area contributed by atoms with Crippen molar-refractivity contribution >= 4 is 5.69 Å². The molecule has 1 heterocycles. The first-order chi connectivity index (χ1) is 8.35. The van der Waals surface area contributed by atoms with Gasteiger partial charge >= 0.3 is 0 Å². The van der Waals surface area contributed by atoms with Crippen LogP contribution in [0.25, 0.3) is 0 Å². The van der Waals surface area contributed by atoms with Gasteiger partial charge in [-0.25, -0.2) is 0 Å². The fraction of sp³-hybridized carbons (Fsp3) is 0.571. The van der Waals surface area contributed by atoms with Gasteiger partial charge in [-0.1, -0.05) is 25.1 Å². The van der Waals surface area contributed by atoms with E-state index >= 15 is 0 Å². The van der Waals surface area contributed by atoms with Gasteiger partial charge in [0.1, 0.15) is 0 Å². The Morgan fingerprint density at radius 1 is 1.35 bits per heavy atom. The van der Waals surface area contributed by atoms with Crippen LogP contribution in [0.2, 0.25) is 0 Å². The average Bonchev–Trinajstić information content (AvgIpc) is 2.79. The molecule has 3 heteroatoms. The molecule has 1 aromatic carbocycles. The van der Waals surface area contributed by atoms with E-state index in [4.69, 9.17) is 5.11 Å². The van der Waals surface area contributed by atoms with E-state index in [1.807, 2.05) is 0 Å². The van der Waals surface area contributed by atoms with E-state index in [2.05, 4.69) is 35.3 Å². The highest BCUT2D eigenvalue weighted by Crippen LogP contribution is 2.27. The largest absolute Gasteiger partial charge is 0.395 e. The van der Waals surface area contributed by atoms with Crippen LogP contribution >= 0.6 is 0 Å². The van der Waals surface area contributed by atoms with Gasteiger partial charge in [-0.15, -0.1) is 0 Å². The fourth-order valence-electron chi connectivity index (χ4n) is 2.51. The Bertz CT molecular complexity index is 359. The minimum Gasteiger partial charge on any atom is -0.395 e. The Kier molecular flexibility index (Phi) is 4.40. The van der Waals surface area contributed by atoms with Crippen molar-refractivity contribution in [3.63, 3.8) is 0 Å². The number of hydrogen-bond acceptors (Lipinski definition) is 3. The smallest absolute Gasteiger partial charge is 0.0558 e. The summed E-state index contributed by atoms with van der Waals surface area (Å²) in [7, 11) is 0. The number of nitrogens with zero attached hydrogens (tertiary/aromatic N) is 1. The molecular formula is C14H22N2O. The molecule has 0 fully saturated rings. The Balaban J connectivity index is 2.09. The normalized spacial score (nSPS) is 13.8. The SMILES string of the molecule is CCCN(CCO)Cc1cccc2c1NCC2. The average molecular weight is 234 g/mol. The Hall–Kier alpha value is -1.06. The highest BCUT2D eigenvalue weighted by atomic mass is 16.3. The first-order valence-corrected chi connectivity index (χ1v) is 6.53. The molecule has 1 aliphatic heterocycles. The summed E-state index contributed by atoms with van der Waals surface area (Å²) in [6.45, 7) is 6.22. The number of aliphatic hydroxyl groups is 1. The van der Waals surface area contributed by atoms with Gasteiger partial charge in [-0.05, 0) is 30.5 Å². The van der Waals surface area contributed by atoms with Crippen LogP contribution in [-0.4, -0.2) is 36.2 Å². The van der Waals surface area contributed by atoms with Crippen molar-refractivity contribution in [1.29, 1.82) is 0 Å². The van der Waals surface area contributed by atoms with Crippen LogP contribution in [-0.2, 0) is 13.0 Å². The second-order valence-corrected chi connectivity index (χ2v) is 4.63. The molecule has 2 N–H and O–H groups in total. The quantitative estimate of drug-likeness (QED) is 0.788. The lowest BCUT2D eigenvalue weighted by Crippen LogP contribution is -2.27. The fourth-order valence-corrected chi connectivity index (χ4v) is 2.51. The van der Waals surface area contributed by atoms with E-state index in [0.29, 0.717) is 0 Å². The molecule has 0 saturated carbocycles. The standard InChI is InChI=1S/C14H22N2O/c1-2-8-16(9-10-17)11-13-5-3-4-12-6-7-15-14(12)13/h3-5,15,17H,2,6-11H2,1H3. The van der Waals surface area contributed by atoms with Gasteiger partial charge in [-0.2, -0.15) is 0 Å². The highest BCUT2D eigenvalue weighted by molar-refractivity contribution is 5.61. The van der Waals surface area contributed by atoms with Gasteiger partial charge in [0.15, 0.2) is 0 Å². The van der Waals surface area contributed by atoms with E-state index in [9.17, 15) is 0 Å². The van der Waals surface area contributed by atoms with Gasteiger partial charge in [0.2, 0.25) is 0 Å². The number of hydrogen-bond donors (Lipinski definition) is 2. The molecule has 3 nitrogen and oxygen atoms in total. The first kappa shape index (κ1) is 12.4. The molecule has 0 radical (unpaired) electrons. The summed E-state index contributed by atoms with van der Waals surface area (Å²) in [5.41, 5.74) is 4.12. The summed E-state index contributed by atoms with van der Waals surface area (Å²) >= 11 is 0. The minimum atomic E-state index is 0.239. The second kappa shape index (κ2) is 6.03. The molecule has 0 spiro atoms. The van der Waals surface area contributed by atoms with Gasteiger partial charge < -0.3 is 10.4 Å². The Morgan fingerprint density at radius 2 is 2.24 bits per heavy atom. The summed E-state index contributed by atoms with van der Waals surface area (Å²) in [5, 5.41) is 12.5. The summed E-state index contributed by atoms with van der Waals surface area (Å²) in [4.78, 5) is 2.32. The molecule has 1 aromatic rings. The second-order valence-electron chi connectivity index (χ2n) is 4.63. The molecule has 0 aromatic heterocycles. The van der Waals surface area contributed by atoms with E-state index in [1.165, 1.54) is 16.8 Å². The maximum absolute atomic E-state index is 9.08. The van der Waals surface area contributed by atoms with Gasteiger partial charge in [0.25, 0.3) is 0 Å². The third-order valence-electron chi connectivity index (χ3n) is 3.28. The zero-order valence-corrected chi connectivity index (χ0v) is 10.6.